The van der Waals surface area contributed by atoms with E-state index in [-0.39, 0.29) is 16.9 Å². The Morgan fingerprint density at radius 3 is 2.11 bits per heavy atom. The van der Waals surface area contributed by atoms with E-state index < -0.39 is 35.3 Å². The fraction of sp³-hybridized carbons (Fsp3) is 0.500. The lowest BCUT2D eigenvalue weighted by atomic mass is 9.71. The predicted octanol–water partition coefficient (Wildman–Crippen LogP) is 9.21. The van der Waals surface area contributed by atoms with E-state index in [0.29, 0.717) is 36.8 Å². The summed E-state index contributed by atoms with van der Waals surface area (Å²) in [5.74, 6) is -5.94. The van der Waals surface area contributed by atoms with Crippen LogP contribution in [-0.2, 0) is 0 Å². The van der Waals surface area contributed by atoms with Crippen molar-refractivity contribution in [1.82, 2.24) is 0 Å². The minimum Gasteiger partial charge on any atom is -0.432 e. The summed E-state index contributed by atoms with van der Waals surface area (Å²) in [4.78, 5) is 0. The molecule has 2 aromatic rings. The molecule has 0 aromatic heterocycles. The van der Waals surface area contributed by atoms with Crippen LogP contribution in [0.3, 0.4) is 0 Å². The SMILES string of the molecule is CCCC1=CCC(C2CCC(C(F)(F)Oc3ccc(-c4cc(F)c(F)c(F)c4)c(F)c3)CC2)CC1. The van der Waals surface area contributed by atoms with E-state index in [1.54, 1.807) is 0 Å². The van der Waals surface area contributed by atoms with Gasteiger partial charge in [-0.15, -0.1) is 0 Å². The van der Waals surface area contributed by atoms with Gasteiger partial charge in [0.05, 0.1) is 5.92 Å². The van der Waals surface area contributed by atoms with Crippen molar-refractivity contribution in [2.75, 3.05) is 0 Å². The van der Waals surface area contributed by atoms with Crippen LogP contribution in [0.25, 0.3) is 11.1 Å². The second-order valence-corrected chi connectivity index (χ2v) is 9.82. The minimum absolute atomic E-state index is 0.241. The summed E-state index contributed by atoms with van der Waals surface area (Å²) in [5.41, 5.74) is 1.03. The van der Waals surface area contributed by atoms with Gasteiger partial charge in [0.15, 0.2) is 17.5 Å². The van der Waals surface area contributed by atoms with Crippen molar-refractivity contribution < 1.29 is 31.1 Å². The number of hydrogen-bond donors (Lipinski definition) is 0. The van der Waals surface area contributed by atoms with Gasteiger partial charge in [-0.25, -0.2) is 17.6 Å². The summed E-state index contributed by atoms with van der Waals surface area (Å²) in [7, 11) is 0. The van der Waals surface area contributed by atoms with Gasteiger partial charge in [0.1, 0.15) is 11.6 Å². The van der Waals surface area contributed by atoms with E-state index in [4.69, 9.17) is 4.74 Å². The highest BCUT2D eigenvalue weighted by molar-refractivity contribution is 5.65. The van der Waals surface area contributed by atoms with Gasteiger partial charge in [0, 0.05) is 11.6 Å². The van der Waals surface area contributed by atoms with Crippen LogP contribution in [0.2, 0.25) is 0 Å². The maximum Gasteiger partial charge on any atom is 0.400 e. The molecule has 1 nitrogen and oxygen atoms in total. The maximum atomic E-state index is 14.9. The third-order valence-corrected chi connectivity index (χ3v) is 7.52. The lowest BCUT2D eigenvalue weighted by molar-refractivity contribution is -0.224. The third kappa shape index (κ3) is 5.87. The largest absolute Gasteiger partial charge is 0.432 e. The second-order valence-electron chi connectivity index (χ2n) is 9.82. The molecule has 0 radical (unpaired) electrons. The van der Waals surface area contributed by atoms with Crippen molar-refractivity contribution in [2.45, 2.75) is 70.8 Å². The Morgan fingerprint density at radius 2 is 1.54 bits per heavy atom. The van der Waals surface area contributed by atoms with E-state index in [9.17, 15) is 26.3 Å². The molecular formula is C28H30F6O. The van der Waals surface area contributed by atoms with E-state index >= 15 is 0 Å². The smallest absolute Gasteiger partial charge is 0.400 e. The van der Waals surface area contributed by atoms with E-state index in [1.807, 2.05) is 0 Å². The van der Waals surface area contributed by atoms with Gasteiger partial charge < -0.3 is 4.74 Å². The van der Waals surface area contributed by atoms with Gasteiger partial charge in [0.2, 0.25) is 0 Å². The Kier molecular flexibility index (Phi) is 7.82. The highest BCUT2D eigenvalue weighted by Crippen LogP contribution is 2.45. The maximum absolute atomic E-state index is 14.9. The molecule has 2 aliphatic rings. The van der Waals surface area contributed by atoms with Crippen LogP contribution in [0.15, 0.2) is 42.0 Å². The lowest BCUT2D eigenvalue weighted by Crippen LogP contribution is -2.38. The van der Waals surface area contributed by atoms with Crippen LogP contribution < -0.4 is 4.74 Å². The first kappa shape index (κ1) is 25.6. The Hall–Kier alpha value is -2.44. The standard InChI is InChI=1S/C28H30F6O/c1-2-3-17-4-6-18(7-5-17)19-8-10-21(11-9-19)28(33,34)35-22-12-13-23(24(29)16-22)20-14-25(30)27(32)26(31)15-20/h4,12-16,18-19,21H,2-3,5-11H2,1H3. The first-order valence-electron chi connectivity index (χ1n) is 12.4. The summed E-state index contributed by atoms with van der Waals surface area (Å²) in [6.07, 6.45) is 6.56. The number of halogens is 6. The topological polar surface area (TPSA) is 9.23 Å². The minimum atomic E-state index is -3.46. The van der Waals surface area contributed by atoms with E-state index in [0.717, 1.165) is 63.1 Å². The van der Waals surface area contributed by atoms with Gasteiger partial charge in [0.25, 0.3) is 0 Å². The molecule has 4 rings (SSSR count). The van der Waals surface area contributed by atoms with E-state index in [2.05, 4.69) is 13.0 Å². The number of benzene rings is 2. The zero-order valence-electron chi connectivity index (χ0n) is 19.7. The quantitative estimate of drug-likeness (QED) is 0.211. The van der Waals surface area contributed by atoms with Crippen molar-refractivity contribution in [3.05, 3.63) is 65.2 Å². The molecule has 2 aromatic carbocycles. The van der Waals surface area contributed by atoms with Gasteiger partial charge >= 0.3 is 6.11 Å². The summed E-state index contributed by atoms with van der Waals surface area (Å²) in [6.45, 7) is 2.17. The second kappa shape index (κ2) is 10.7. The Balaban J connectivity index is 1.37. The molecule has 35 heavy (non-hydrogen) atoms. The molecule has 1 fully saturated rings. The fourth-order valence-electron chi connectivity index (χ4n) is 5.56. The summed E-state index contributed by atoms with van der Waals surface area (Å²) >= 11 is 0. The van der Waals surface area contributed by atoms with Crippen molar-refractivity contribution >= 4 is 0 Å². The predicted molar refractivity (Wildman–Crippen MR) is 123 cm³/mol. The fourth-order valence-corrected chi connectivity index (χ4v) is 5.56. The molecule has 1 unspecified atom stereocenters. The normalized spacial score (nSPS) is 23.2. The molecule has 0 heterocycles. The van der Waals surface area contributed by atoms with Crippen molar-refractivity contribution in [3.8, 4) is 16.9 Å². The first-order chi connectivity index (χ1) is 16.7. The number of alkyl halides is 2. The van der Waals surface area contributed by atoms with E-state index in [1.165, 1.54) is 5.57 Å². The Labute approximate surface area is 202 Å². The molecule has 0 bridgehead atoms. The van der Waals surface area contributed by atoms with Gasteiger partial charge in [-0.05, 0) is 93.0 Å². The summed E-state index contributed by atoms with van der Waals surface area (Å²) in [5, 5.41) is 0. The molecule has 0 spiro atoms. The summed E-state index contributed by atoms with van der Waals surface area (Å²) in [6, 6.07) is 4.27. The van der Waals surface area contributed by atoms with Gasteiger partial charge in [-0.3, -0.25) is 0 Å². The van der Waals surface area contributed by atoms with Crippen LogP contribution >= 0.6 is 0 Å². The molecular weight excluding hydrogens is 466 g/mol. The molecule has 0 saturated heterocycles. The molecule has 0 aliphatic heterocycles. The summed E-state index contributed by atoms with van der Waals surface area (Å²) < 4.78 is 89.5. The molecule has 7 heteroatoms. The van der Waals surface area contributed by atoms with Gasteiger partial charge in [-0.1, -0.05) is 25.0 Å². The monoisotopic (exact) mass is 496 g/mol. The van der Waals surface area contributed by atoms with Crippen LogP contribution in [0.5, 0.6) is 5.75 Å². The van der Waals surface area contributed by atoms with Crippen molar-refractivity contribution in [2.24, 2.45) is 17.8 Å². The molecule has 0 N–H and O–H groups in total. The van der Waals surface area contributed by atoms with Crippen LogP contribution in [-0.4, -0.2) is 6.11 Å². The first-order valence-corrected chi connectivity index (χ1v) is 12.4. The Bertz CT molecular complexity index is 1050. The van der Waals surface area contributed by atoms with Gasteiger partial charge in [-0.2, -0.15) is 8.78 Å². The molecule has 1 atom stereocenters. The van der Waals surface area contributed by atoms with Crippen LogP contribution in [0, 0.1) is 41.0 Å². The average Bonchev–Trinajstić information content (AvgIpc) is 2.83. The zero-order chi connectivity index (χ0) is 25.2. The lowest BCUT2D eigenvalue weighted by Gasteiger charge is -2.37. The van der Waals surface area contributed by atoms with Crippen molar-refractivity contribution in [1.29, 1.82) is 0 Å². The Morgan fingerprint density at radius 1 is 0.857 bits per heavy atom. The molecule has 2 aliphatic carbocycles. The number of hydrogen-bond acceptors (Lipinski definition) is 1. The average molecular weight is 497 g/mol. The highest BCUT2D eigenvalue weighted by Gasteiger charge is 2.45. The van der Waals surface area contributed by atoms with Crippen molar-refractivity contribution in [3.63, 3.8) is 0 Å². The highest BCUT2D eigenvalue weighted by atomic mass is 19.3. The molecule has 1 saturated carbocycles. The molecule has 190 valence electrons. The third-order valence-electron chi connectivity index (χ3n) is 7.52. The van der Waals surface area contributed by atoms with Crippen LogP contribution in [0.4, 0.5) is 26.3 Å². The molecule has 0 amide bonds. The number of ether oxygens (including phenoxy) is 1. The van der Waals surface area contributed by atoms with Crippen LogP contribution in [0.1, 0.15) is 64.7 Å². The number of rotatable bonds is 7. The zero-order valence-corrected chi connectivity index (χ0v) is 19.7. The number of allylic oxidation sites excluding steroid dienone is 2.